The molecule has 0 heterocycles. The van der Waals surface area contributed by atoms with Crippen LogP contribution in [0.4, 0.5) is 4.39 Å². The van der Waals surface area contributed by atoms with Crippen LogP contribution in [0.15, 0.2) is 12.1 Å². The predicted octanol–water partition coefficient (Wildman–Crippen LogP) is 2.97. The molecule has 0 spiro atoms. The summed E-state index contributed by atoms with van der Waals surface area (Å²) in [6.07, 6.45) is 0. The lowest BCUT2D eigenvalue weighted by molar-refractivity contribution is 0.370. The van der Waals surface area contributed by atoms with E-state index in [0.717, 1.165) is 5.56 Å². The molecular weight excluding hydrogens is 183 g/mol. The molecule has 0 unspecified atom stereocenters. The second kappa shape index (κ2) is 4.31. The Hall–Kier alpha value is -1.25. The third-order valence-electron chi connectivity index (χ3n) is 2.13. The summed E-state index contributed by atoms with van der Waals surface area (Å²) in [6, 6.07) is 3.03. The molecule has 0 amide bonds. The molecular formula is C11H15FO2. The number of methoxy groups -OCH3 is 2. The Bertz CT molecular complexity index is 321. The van der Waals surface area contributed by atoms with E-state index in [-0.39, 0.29) is 17.5 Å². The van der Waals surface area contributed by atoms with E-state index in [2.05, 4.69) is 0 Å². The molecule has 0 aliphatic rings. The number of rotatable bonds is 3. The highest BCUT2D eigenvalue weighted by Gasteiger charge is 2.12. The van der Waals surface area contributed by atoms with Gasteiger partial charge in [0.25, 0.3) is 0 Å². The average molecular weight is 198 g/mol. The van der Waals surface area contributed by atoms with E-state index in [0.29, 0.717) is 5.75 Å². The third-order valence-corrected chi connectivity index (χ3v) is 2.13. The van der Waals surface area contributed by atoms with Crippen molar-refractivity contribution in [3.8, 4) is 11.5 Å². The monoisotopic (exact) mass is 198 g/mol. The van der Waals surface area contributed by atoms with E-state index in [1.807, 2.05) is 13.8 Å². The molecule has 0 aliphatic heterocycles. The molecule has 0 N–H and O–H groups in total. The van der Waals surface area contributed by atoms with Crippen molar-refractivity contribution < 1.29 is 13.9 Å². The van der Waals surface area contributed by atoms with Gasteiger partial charge in [0.05, 0.1) is 14.2 Å². The Kier molecular flexibility index (Phi) is 3.33. The number of hydrogen-bond donors (Lipinski definition) is 0. The first-order valence-electron chi connectivity index (χ1n) is 4.51. The van der Waals surface area contributed by atoms with Crippen molar-refractivity contribution in [2.75, 3.05) is 14.2 Å². The van der Waals surface area contributed by atoms with Crippen molar-refractivity contribution >= 4 is 0 Å². The van der Waals surface area contributed by atoms with E-state index in [9.17, 15) is 4.39 Å². The van der Waals surface area contributed by atoms with Gasteiger partial charge >= 0.3 is 0 Å². The first kappa shape index (κ1) is 10.8. The molecule has 78 valence electrons. The highest BCUT2D eigenvalue weighted by molar-refractivity contribution is 5.43. The lowest BCUT2D eigenvalue weighted by Gasteiger charge is -2.13. The van der Waals surface area contributed by atoms with E-state index in [1.54, 1.807) is 13.2 Å². The minimum atomic E-state index is -0.350. The van der Waals surface area contributed by atoms with Gasteiger partial charge in [0.15, 0.2) is 11.6 Å². The van der Waals surface area contributed by atoms with Crippen molar-refractivity contribution in [1.82, 2.24) is 0 Å². The van der Waals surface area contributed by atoms with Crippen molar-refractivity contribution in [3.05, 3.63) is 23.5 Å². The van der Waals surface area contributed by atoms with Crippen LogP contribution in [-0.2, 0) is 0 Å². The van der Waals surface area contributed by atoms with Gasteiger partial charge in [0, 0.05) is 6.07 Å². The molecule has 1 aromatic carbocycles. The maximum absolute atomic E-state index is 13.3. The smallest absolute Gasteiger partial charge is 0.165 e. The Labute approximate surface area is 83.6 Å². The molecule has 14 heavy (non-hydrogen) atoms. The lowest BCUT2D eigenvalue weighted by Crippen LogP contribution is -1.97. The quantitative estimate of drug-likeness (QED) is 0.743. The Morgan fingerprint density at radius 2 is 1.64 bits per heavy atom. The van der Waals surface area contributed by atoms with E-state index in [1.165, 1.54) is 13.2 Å². The van der Waals surface area contributed by atoms with Crippen LogP contribution in [0.1, 0.15) is 25.3 Å². The van der Waals surface area contributed by atoms with Crippen molar-refractivity contribution in [1.29, 1.82) is 0 Å². The second-order valence-corrected chi connectivity index (χ2v) is 3.38. The molecule has 0 saturated heterocycles. The molecule has 0 saturated carbocycles. The molecule has 0 aliphatic carbocycles. The molecule has 3 heteroatoms. The van der Waals surface area contributed by atoms with Gasteiger partial charge < -0.3 is 9.47 Å². The van der Waals surface area contributed by atoms with Crippen LogP contribution in [0.3, 0.4) is 0 Å². The Morgan fingerprint density at radius 3 is 2.07 bits per heavy atom. The zero-order valence-corrected chi connectivity index (χ0v) is 8.93. The molecule has 2 nitrogen and oxygen atoms in total. The number of benzene rings is 1. The van der Waals surface area contributed by atoms with E-state index >= 15 is 0 Å². The summed E-state index contributed by atoms with van der Waals surface area (Å²) in [7, 11) is 3.01. The molecule has 0 radical (unpaired) electrons. The van der Waals surface area contributed by atoms with Gasteiger partial charge in [-0.15, -0.1) is 0 Å². The van der Waals surface area contributed by atoms with Crippen LogP contribution in [-0.4, -0.2) is 14.2 Å². The predicted molar refractivity (Wildman–Crippen MR) is 53.6 cm³/mol. The summed E-state index contributed by atoms with van der Waals surface area (Å²) >= 11 is 0. The van der Waals surface area contributed by atoms with Gasteiger partial charge in [-0.2, -0.15) is 0 Å². The zero-order chi connectivity index (χ0) is 10.7. The SMILES string of the molecule is COc1cc(OC)c(C(C)C)cc1F. The van der Waals surface area contributed by atoms with Crippen molar-refractivity contribution in [3.63, 3.8) is 0 Å². The maximum Gasteiger partial charge on any atom is 0.165 e. The maximum atomic E-state index is 13.3. The van der Waals surface area contributed by atoms with Gasteiger partial charge in [-0.1, -0.05) is 13.8 Å². The minimum absolute atomic E-state index is 0.214. The summed E-state index contributed by atoms with van der Waals surface area (Å²) in [5.41, 5.74) is 0.853. The van der Waals surface area contributed by atoms with E-state index < -0.39 is 0 Å². The number of halogens is 1. The van der Waals surface area contributed by atoms with Gasteiger partial charge in [-0.25, -0.2) is 4.39 Å². The number of hydrogen-bond acceptors (Lipinski definition) is 2. The van der Waals surface area contributed by atoms with Crippen LogP contribution in [0.25, 0.3) is 0 Å². The third kappa shape index (κ3) is 1.97. The van der Waals surface area contributed by atoms with Crippen molar-refractivity contribution in [2.45, 2.75) is 19.8 Å². The Balaban J connectivity index is 3.24. The van der Waals surface area contributed by atoms with Crippen LogP contribution >= 0.6 is 0 Å². The first-order valence-corrected chi connectivity index (χ1v) is 4.51. The average Bonchev–Trinajstić information content (AvgIpc) is 2.17. The molecule has 1 rings (SSSR count). The fraction of sp³-hybridized carbons (Fsp3) is 0.455. The standard InChI is InChI=1S/C11H15FO2/c1-7(2)8-5-9(12)11(14-4)6-10(8)13-3/h5-7H,1-4H3. The highest BCUT2D eigenvalue weighted by Crippen LogP contribution is 2.32. The molecule has 0 atom stereocenters. The zero-order valence-electron chi connectivity index (χ0n) is 8.93. The Morgan fingerprint density at radius 1 is 1.07 bits per heavy atom. The van der Waals surface area contributed by atoms with Crippen LogP contribution in [0, 0.1) is 5.82 Å². The highest BCUT2D eigenvalue weighted by atomic mass is 19.1. The van der Waals surface area contributed by atoms with Crippen LogP contribution in [0.2, 0.25) is 0 Å². The fourth-order valence-electron chi connectivity index (χ4n) is 1.33. The largest absolute Gasteiger partial charge is 0.496 e. The van der Waals surface area contributed by atoms with Gasteiger partial charge in [0.1, 0.15) is 5.75 Å². The summed E-state index contributed by atoms with van der Waals surface area (Å²) < 4.78 is 23.4. The van der Waals surface area contributed by atoms with Crippen molar-refractivity contribution in [2.24, 2.45) is 0 Å². The second-order valence-electron chi connectivity index (χ2n) is 3.38. The first-order chi connectivity index (χ1) is 6.60. The topological polar surface area (TPSA) is 18.5 Å². The molecule has 0 bridgehead atoms. The van der Waals surface area contributed by atoms with Gasteiger partial charge in [-0.3, -0.25) is 0 Å². The molecule has 0 aromatic heterocycles. The minimum Gasteiger partial charge on any atom is -0.496 e. The van der Waals surface area contributed by atoms with Gasteiger partial charge in [-0.05, 0) is 17.5 Å². The summed E-state index contributed by atoms with van der Waals surface area (Å²) in [5.74, 6) is 0.756. The lowest BCUT2D eigenvalue weighted by atomic mass is 10.0. The molecule has 1 aromatic rings. The molecule has 0 fully saturated rings. The van der Waals surface area contributed by atoms with Crippen LogP contribution < -0.4 is 9.47 Å². The van der Waals surface area contributed by atoms with Gasteiger partial charge in [0.2, 0.25) is 0 Å². The summed E-state index contributed by atoms with van der Waals surface area (Å²) in [4.78, 5) is 0. The summed E-state index contributed by atoms with van der Waals surface area (Å²) in [5, 5.41) is 0. The van der Waals surface area contributed by atoms with Crippen LogP contribution in [0.5, 0.6) is 11.5 Å². The van der Waals surface area contributed by atoms with E-state index in [4.69, 9.17) is 9.47 Å². The fourth-order valence-corrected chi connectivity index (χ4v) is 1.33. The normalized spacial score (nSPS) is 10.4. The summed E-state index contributed by atoms with van der Waals surface area (Å²) in [6.45, 7) is 3.98. The number of ether oxygens (including phenoxy) is 2.